The van der Waals surface area contributed by atoms with Crippen molar-refractivity contribution in [2.24, 2.45) is 11.7 Å². The molecule has 0 aromatic heterocycles. The van der Waals surface area contributed by atoms with E-state index in [1.54, 1.807) is 0 Å². The summed E-state index contributed by atoms with van der Waals surface area (Å²) in [4.78, 5) is 22.6. The van der Waals surface area contributed by atoms with Crippen molar-refractivity contribution in [1.82, 2.24) is 10.0 Å². The van der Waals surface area contributed by atoms with E-state index in [2.05, 4.69) is 26.0 Å². The van der Waals surface area contributed by atoms with E-state index >= 15 is 0 Å². The lowest BCUT2D eigenvalue weighted by Crippen LogP contribution is -2.33. The molecule has 9 heteroatoms. The van der Waals surface area contributed by atoms with E-state index < -0.39 is 21.8 Å². The summed E-state index contributed by atoms with van der Waals surface area (Å²) in [6.07, 6.45) is 0. The van der Waals surface area contributed by atoms with Crippen LogP contribution in [0.2, 0.25) is 0 Å². The molecule has 0 spiro atoms. The Kier molecular flexibility index (Phi) is 6.51. The first-order valence-corrected chi connectivity index (χ1v) is 8.77. The zero-order valence-electron chi connectivity index (χ0n) is 12.2. The normalized spacial score (nSPS) is 11.5. The molecule has 0 atom stereocenters. The van der Waals surface area contributed by atoms with Gasteiger partial charge in [0.25, 0.3) is 5.91 Å². The molecule has 0 saturated carbocycles. The first kappa shape index (κ1) is 18.6. The maximum absolute atomic E-state index is 12.2. The predicted molar refractivity (Wildman–Crippen MR) is 85.7 cm³/mol. The molecule has 1 aromatic rings. The van der Waals surface area contributed by atoms with Gasteiger partial charge in [0, 0.05) is 11.0 Å². The lowest BCUT2D eigenvalue weighted by Gasteiger charge is -2.11. The van der Waals surface area contributed by atoms with Gasteiger partial charge in [-0.15, -0.1) is 0 Å². The SMILES string of the molecule is CC(C)CNS(=O)(=O)c1ccc(Br)c(C(=O)NCC(N)=O)c1. The number of hydrogen-bond acceptors (Lipinski definition) is 4. The Hall–Kier alpha value is -1.45. The van der Waals surface area contributed by atoms with E-state index in [1.807, 2.05) is 13.8 Å². The second-order valence-electron chi connectivity index (χ2n) is 5.04. The zero-order chi connectivity index (χ0) is 16.9. The van der Waals surface area contributed by atoms with E-state index in [1.165, 1.54) is 18.2 Å². The Morgan fingerprint density at radius 2 is 1.95 bits per heavy atom. The summed E-state index contributed by atoms with van der Waals surface area (Å²) >= 11 is 3.17. The maximum atomic E-state index is 12.2. The minimum absolute atomic E-state index is 0.0272. The highest BCUT2D eigenvalue weighted by Gasteiger charge is 2.18. The van der Waals surface area contributed by atoms with Gasteiger partial charge in [-0.3, -0.25) is 9.59 Å². The number of amides is 2. The maximum Gasteiger partial charge on any atom is 0.252 e. The third kappa shape index (κ3) is 5.39. The Bertz CT molecular complexity index is 674. The summed E-state index contributed by atoms with van der Waals surface area (Å²) < 4.78 is 27.2. The molecule has 7 nitrogen and oxygen atoms in total. The predicted octanol–water partition coefficient (Wildman–Crippen LogP) is 0.599. The second-order valence-corrected chi connectivity index (χ2v) is 7.66. The first-order chi connectivity index (χ1) is 10.1. The highest BCUT2D eigenvalue weighted by atomic mass is 79.9. The Labute approximate surface area is 137 Å². The summed E-state index contributed by atoms with van der Waals surface area (Å²) in [7, 11) is -3.70. The molecule has 0 heterocycles. The van der Waals surface area contributed by atoms with Gasteiger partial charge in [0.15, 0.2) is 0 Å². The summed E-state index contributed by atoms with van der Waals surface area (Å²) in [6, 6.07) is 4.09. The summed E-state index contributed by atoms with van der Waals surface area (Å²) in [5.41, 5.74) is 5.06. The third-order valence-corrected chi connectivity index (χ3v) is 4.71. The minimum Gasteiger partial charge on any atom is -0.368 e. The number of benzene rings is 1. The van der Waals surface area contributed by atoms with Gasteiger partial charge in [0.1, 0.15) is 0 Å². The van der Waals surface area contributed by atoms with Crippen LogP contribution in [0.25, 0.3) is 0 Å². The van der Waals surface area contributed by atoms with Gasteiger partial charge in [-0.05, 0) is 40.0 Å². The molecule has 2 amide bonds. The molecule has 4 N–H and O–H groups in total. The fraction of sp³-hybridized carbons (Fsp3) is 0.385. The monoisotopic (exact) mass is 391 g/mol. The highest BCUT2D eigenvalue weighted by molar-refractivity contribution is 9.10. The molecule has 122 valence electrons. The van der Waals surface area contributed by atoms with Crippen molar-refractivity contribution in [3.05, 3.63) is 28.2 Å². The van der Waals surface area contributed by atoms with Gasteiger partial charge in [-0.2, -0.15) is 0 Å². The van der Waals surface area contributed by atoms with E-state index in [4.69, 9.17) is 5.73 Å². The first-order valence-electron chi connectivity index (χ1n) is 6.49. The molecule has 0 aliphatic rings. The van der Waals surface area contributed by atoms with Crippen molar-refractivity contribution >= 4 is 37.8 Å². The van der Waals surface area contributed by atoms with Crippen LogP contribution in [0, 0.1) is 5.92 Å². The van der Waals surface area contributed by atoms with Gasteiger partial charge < -0.3 is 11.1 Å². The lowest BCUT2D eigenvalue weighted by molar-refractivity contribution is -0.117. The third-order valence-electron chi connectivity index (χ3n) is 2.60. The molecule has 22 heavy (non-hydrogen) atoms. The van der Waals surface area contributed by atoms with Crippen LogP contribution >= 0.6 is 15.9 Å². The molecular formula is C13H18BrN3O4S. The number of carbonyl (C=O) groups excluding carboxylic acids is 2. The van der Waals surface area contributed by atoms with Crippen LogP contribution in [-0.2, 0) is 14.8 Å². The van der Waals surface area contributed by atoms with Crippen molar-refractivity contribution in [3.63, 3.8) is 0 Å². The number of nitrogens with one attached hydrogen (secondary N) is 2. The molecule has 0 aliphatic carbocycles. The van der Waals surface area contributed by atoms with Crippen molar-refractivity contribution in [2.45, 2.75) is 18.7 Å². The minimum atomic E-state index is -3.70. The van der Waals surface area contributed by atoms with Crippen molar-refractivity contribution < 1.29 is 18.0 Å². The van der Waals surface area contributed by atoms with Gasteiger partial charge >= 0.3 is 0 Å². The van der Waals surface area contributed by atoms with Crippen LogP contribution in [0.3, 0.4) is 0 Å². The van der Waals surface area contributed by atoms with Crippen LogP contribution in [0.5, 0.6) is 0 Å². The van der Waals surface area contributed by atoms with Crippen LogP contribution in [0.1, 0.15) is 24.2 Å². The topological polar surface area (TPSA) is 118 Å². The van der Waals surface area contributed by atoms with Crippen LogP contribution in [-0.4, -0.2) is 33.3 Å². The molecule has 0 saturated heterocycles. The molecule has 0 fully saturated rings. The summed E-state index contributed by atoms with van der Waals surface area (Å²) in [5, 5.41) is 2.31. The molecule has 0 unspecified atom stereocenters. The van der Waals surface area contributed by atoms with Crippen LogP contribution in [0.4, 0.5) is 0 Å². The van der Waals surface area contributed by atoms with Crippen molar-refractivity contribution in [1.29, 1.82) is 0 Å². The number of hydrogen-bond donors (Lipinski definition) is 3. The van der Waals surface area contributed by atoms with Crippen molar-refractivity contribution in [3.8, 4) is 0 Å². The Morgan fingerprint density at radius 3 is 2.50 bits per heavy atom. The highest BCUT2D eigenvalue weighted by Crippen LogP contribution is 2.21. The number of nitrogens with two attached hydrogens (primary N) is 1. The molecule has 0 radical (unpaired) electrons. The van der Waals surface area contributed by atoms with Crippen LogP contribution < -0.4 is 15.8 Å². The Morgan fingerprint density at radius 1 is 1.32 bits per heavy atom. The summed E-state index contributed by atoms with van der Waals surface area (Å²) in [6.45, 7) is 3.73. The quantitative estimate of drug-likeness (QED) is 0.630. The molecule has 1 aromatic carbocycles. The number of rotatable bonds is 7. The van der Waals surface area contributed by atoms with Crippen LogP contribution in [0.15, 0.2) is 27.6 Å². The van der Waals surface area contributed by atoms with Crippen molar-refractivity contribution in [2.75, 3.05) is 13.1 Å². The number of halogens is 1. The van der Waals surface area contributed by atoms with E-state index in [0.29, 0.717) is 11.0 Å². The average molecular weight is 392 g/mol. The van der Waals surface area contributed by atoms with E-state index in [0.717, 1.165) is 0 Å². The zero-order valence-corrected chi connectivity index (χ0v) is 14.6. The van der Waals surface area contributed by atoms with Gasteiger partial charge in [-0.1, -0.05) is 13.8 Å². The lowest BCUT2D eigenvalue weighted by atomic mass is 10.2. The van der Waals surface area contributed by atoms with E-state index in [-0.39, 0.29) is 22.9 Å². The molecule has 0 bridgehead atoms. The van der Waals surface area contributed by atoms with Gasteiger partial charge in [0.2, 0.25) is 15.9 Å². The van der Waals surface area contributed by atoms with Gasteiger partial charge in [0.05, 0.1) is 17.0 Å². The molecule has 1 rings (SSSR count). The Balaban J connectivity index is 3.03. The summed E-state index contributed by atoms with van der Waals surface area (Å²) in [5.74, 6) is -1.12. The van der Waals surface area contributed by atoms with E-state index in [9.17, 15) is 18.0 Å². The fourth-order valence-electron chi connectivity index (χ4n) is 1.47. The molecule has 0 aliphatic heterocycles. The largest absolute Gasteiger partial charge is 0.368 e. The smallest absolute Gasteiger partial charge is 0.252 e. The standard InChI is InChI=1S/C13H18BrN3O4S/c1-8(2)6-17-22(20,21)9-3-4-11(14)10(5-9)13(19)16-7-12(15)18/h3-5,8,17H,6-7H2,1-2H3,(H2,15,18)(H,16,19). The number of primary amides is 1. The molecular weight excluding hydrogens is 374 g/mol. The fourth-order valence-corrected chi connectivity index (χ4v) is 3.13. The number of sulfonamides is 1. The average Bonchev–Trinajstić information content (AvgIpc) is 2.43. The number of carbonyl (C=O) groups is 2. The van der Waals surface area contributed by atoms with Gasteiger partial charge in [-0.25, -0.2) is 13.1 Å². The second kappa shape index (κ2) is 7.70.